The van der Waals surface area contributed by atoms with E-state index in [1.54, 1.807) is 25.7 Å². The number of benzene rings is 2. The Hall–Kier alpha value is -3.35. The van der Waals surface area contributed by atoms with Crippen LogP contribution in [0, 0.1) is 25.7 Å². The van der Waals surface area contributed by atoms with Crippen LogP contribution in [-0.4, -0.2) is 40.5 Å². The van der Waals surface area contributed by atoms with Crippen molar-refractivity contribution in [1.82, 2.24) is 10.2 Å². The van der Waals surface area contributed by atoms with E-state index >= 15 is 0 Å². The van der Waals surface area contributed by atoms with Crippen LogP contribution in [-0.2, 0) is 14.3 Å². The summed E-state index contributed by atoms with van der Waals surface area (Å²) in [6.07, 6.45) is 1.61. The monoisotopic (exact) mass is 565 g/mol. The van der Waals surface area contributed by atoms with Crippen molar-refractivity contribution in [3.63, 3.8) is 0 Å². The standard InChI is InChI=1S/C34H51N3O4/c1-11-23(4)29(36-33(40)41-34(8,9)10)32(39)37(26(7)21-20-22(2)3)30(27-18-14-12-16-24(27)5)31(38)35-28-19-15-13-17-25(28)6/h12-19,22-23,26,29-30H,11,20-21H2,1-10H3,(H,35,38)(H,36,40). The number of carbonyl (C=O) groups excluding carboxylic acids is 3. The lowest BCUT2D eigenvalue weighted by Gasteiger charge is -2.40. The van der Waals surface area contributed by atoms with Crippen molar-refractivity contribution in [3.05, 3.63) is 65.2 Å². The SMILES string of the molecule is CCC(C)C(NC(=O)OC(C)(C)C)C(=O)N(C(C)CCC(C)C)C(C(=O)Nc1ccccc1C)c1ccccc1C. The zero-order chi connectivity index (χ0) is 30.9. The Bertz CT molecular complexity index is 1170. The highest BCUT2D eigenvalue weighted by molar-refractivity contribution is 5.99. The summed E-state index contributed by atoms with van der Waals surface area (Å²) in [6, 6.07) is 13.2. The molecule has 4 unspecified atom stereocenters. The van der Waals surface area contributed by atoms with Crippen LogP contribution in [0.25, 0.3) is 0 Å². The first-order chi connectivity index (χ1) is 19.2. The third-order valence-corrected chi connectivity index (χ3v) is 7.45. The average molecular weight is 566 g/mol. The van der Waals surface area contributed by atoms with E-state index in [9.17, 15) is 14.4 Å². The van der Waals surface area contributed by atoms with Gasteiger partial charge in [-0.05, 0) is 89.0 Å². The zero-order valence-corrected chi connectivity index (χ0v) is 26.7. The molecule has 0 aliphatic carbocycles. The number of ether oxygens (including phenoxy) is 1. The van der Waals surface area contributed by atoms with Crippen LogP contribution < -0.4 is 10.6 Å². The number of hydrogen-bond acceptors (Lipinski definition) is 4. The summed E-state index contributed by atoms with van der Waals surface area (Å²) in [5.41, 5.74) is 2.58. The topological polar surface area (TPSA) is 87.7 Å². The number of nitrogens with zero attached hydrogens (tertiary/aromatic N) is 1. The molecule has 0 saturated heterocycles. The highest BCUT2D eigenvalue weighted by atomic mass is 16.6. The molecule has 7 nitrogen and oxygen atoms in total. The first kappa shape index (κ1) is 33.9. The van der Waals surface area contributed by atoms with E-state index < -0.39 is 23.8 Å². The van der Waals surface area contributed by atoms with Crippen LogP contribution in [0.5, 0.6) is 0 Å². The fourth-order valence-corrected chi connectivity index (χ4v) is 4.82. The third kappa shape index (κ3) is 9.91. The van der Waals surface area contributed by atoms with Crippen molar-refractivity contribution in [2.45, 2.75) is 112 Å². The van der Waals surface area contributed by atoms with Gasteiger partial charge >= 0.3 is 6.09 Å². The Morgan fingerprint density at radius 2 is 1.46 bits per heavy atom. The van der Waals surface area contributed by atoms with Crippen LogP contribution >= 0.6 is 0 Å². The van der Waals surface area contributed by atoms with Gasteiger partial charge in [0, 0.05) is 11.7 Å². The highest BCUT2D eigenvalue weighted by Crippen LogP contribution is 2.32. The van der Waals surface area contributed by atoms with E-state index in [2.05, 4.69) is 24.5 Å². The number of carbonyl (C=O) groups is 3. The number of amides is 3. The molecule has 0 spiro atoms. The summed E-state index contributed by atoms with van der Waals surface area (Å²) in [6.45, 7) is 19.5. The van der Waals surface area contributed by atoms with E-state index in [0.717, 1.165) is 23.1 Å². The van der Waals surface area contributed by atoms with Crippen molar-refractivity contribution in [2.75, 3.05) is 5.32 Å². The second-order valence-electron chi connectivity index (χ2n) is 12.6. The molecule has 226 valence electrons. The molecule has 0 bridgehead atoms. The Balaban J connectivity index is 2.67. The summed E-state index contributed by atoms with van der Waals surface area (Å²) in [4.78, 5) is 43.5. The van der Waals surface area contributed by atoms with Gasteiger partial charge in [-0.3, -0.25) is 9.59 Å². The van der Waals surface area contributed by atoms with E-state index in [-0.39, 0.29) is 23.8 Å². The smallest absolute Gasteiger partial charge is 0.408 e. The second-order valence-corrected chi connectivity index (χ2v) is 12.6. The molecule has 4 atom stereocenters. The quantitative estimate of drug-likeness (QED) is 0.278. The minimum atomic E-state index is -0.905. The molecule has 0 heterocycles. The number of aryl methyl sites for hydroxylation is 2. The molecule has 0 fully saturated rings. The van der Waals surface area contributed by atoms with E-state index in [0.29, 0.717) is 24.4 Å². The maximum atomic E-state index is 14.7. The highest BCUT2D eigenvalue weighted by Gasteiger charge is 2.41. The van der Waals surface area contributed by atoms with Crippen LogP contribution in [0.1, 0.15) is 97.4 Å². The first-order valence-electron chi connectivity index (χ1n) is 14.9. The van der Waals surface area contributed by atoms with Crippen LogP contribution in [0.15, 0.2) is 48.5 Å². The lowest BCUT2D eigenvalue weighted by Crippen LogP contribution is -2.57. The molecule has 0 saturated carbocycles. The Morgan fingerprint density at radius 1 is 0.878 bits per heavy atom. The summed E-state index contributed by atoms with van der Waals surface area (Å²) < 4.78 is 5.54. The summed E-state index contributed by atoms with van der Waals surface area (Å²) in [5, 5.41) is 5.96. The fourth-order valence-electron chi connectivity index (χ4n) is 4.82. The molecule has 0 radical (unpaired) electrons. The molecular formula is C34H51N3O4. The minimum absolute atomic E-state index is 0.188. The molecule has 3 amide bonds. The number of nitrogens with one attached hydrogen (secondary N) is 2. The van der Waals surface area contributed by atoms with Crippen molar-refractivity contribution >= 4 is 23.6 Å². The Labute approximate surface area is 247 Å². The molecule has 41 heavy (non-hydrogen) atoms. The zero-order valence-electron chi connectivity index (χ0n) is 26.7. The summed E-state index contributed by atoms with van der Waals surface area (Å²) in [5.74, 6) is -0.350. The number of rotatable bonds is 12. The molecule has 7 heteroatoms. The maximum absolute atomic E-state index is 14.7. The number of para-hydroxylation sites is 1. The van der Waals surface area contributed by atoms with E-state index in [1.807, 2.05) is 83.1 Å². The van der Waals surface area contributed by atoms with Gasteiger partial charge in [0.2, 0.25) is 5.91 Å². The largest absolute Gasteiger partial charge is 0.444 e. The predicted molar refractivity (Wildman–Crippen MR) is 167 cm³/mol. The van der Waals surface area contributed by atoms with Crippen LogP contribution in [0.2, 0.25) is 0 Å². The van der Waals surface area contributed by atoms with Gasteiger partial charge in [0.05, 0.1) is 0 Å². The molecule has 2 aromatic carbocycles. The third-order valence-electron chi connectivity index (χ3n) is 7.45. The van der Waals surface area contributed by atoms with Crippen molar-refractivity contribution in [2.24, 2.45) is 11.8 Å². The number of hydrogen-bond donors (Lipinski definition) is 2. The lowest BCUT2D eigenvalue weighted by atomic mass is 9.92. The predicted octanol–water partition coefficient (Wildman–Crippen LogP) is 7.58. The van der Waals surface area contributed by atoms with Gasteiger partial charge in [0.15, 0.2) is 0 Å². The molecular weight excluding hydrogens is 514 g/mol. The molecule has 2 aromatic rings. The first-order valence-corrected chi connectivity index (χ1v) is 14.9. The van der Waals surface area contributed by atoms with Crippen LogP contribution in [0.3, 0.4) is 0 Å². The summed E-state index contributed by atoms with van der Waals surface area (Å²) >= 11 is 0. The molecule has 2 rings (SSSR count). The van der Waals surface area contributed by atoms with E-state index in [1.165, 1.54) is 0 Å². The van der Waals surface area contributed by atoms with Gasteiger partial charge in [-0.2, -0.15) is 0 Å². The van der Waals surface area contributed by atoms with Crippen molar-refractivity contribution < 1.29 is 19.1 Å². The molecule has 0 aliphatic heterocycles. The lowest BCUT2D eigenvalue weighted by molar-refractivity contribution is -0.144. The van der Waals surface area contributed by atoms with E-state index in [4.69, 9.17) is 4.74 Å². The van der Waals surface area contributed by atoms with Crippen molar-refractivity contribution in [3.8, 4) is 0 Å². The minimum Gasteiger partial charge on any atom is -0.444 e. The molecule has 2 N–H and O–H groups in total. The van der Waals surface area contributed by atoms with Gasteiger partial charge in [-0.1, -0.05) is 76.6 Å². The Kier molecular flexibility index (Phi) is 12.4. The maximum Gasteiger partial charge on any atom is 0.408 e. The fraction of sp³-hybridized carbons (Fsp3) is 0.559. The van der Waals surface area contributed by atoms with Crippen LogP contribution in [0.4, 0.5) is 10.5 Å². The van der Waals surface area contributed by atoms with Gasteiger partial charge < -0.3 is 20.3 Å². The van der Waals surface area contributed by atoms with Gasteiger partial charge in [0.25, 0.3) is 5.91 Å². The van der Waals surface area contributed by atoms with Gasteiger partial charge in [-0.15, -0.1) is 0 Å². The van der Waals surface area contributed by atoms with Gasteiger partial charge in [0.1, 0.15) is 17.7 Å². The second kappa shape index (κ2) is 15.0. The molecule has 0 aromatic heterocycles. The van der Waals surface area contributed by atoms with Gasteiger partial charge in [-0.25, -0.2) is 4.79 Å². The number of anilines is 1. The Morgan fingerprint density at radius 3 is 2.00 bits per heavy atom. The normalized spacial score (nSPS) is 14.5. The molecule has 0 aliphatic rings. The average Bonchev–Trinajstić information content (AvgIpc) is 2.89. The summed E-state index contributed by atoms with van der Waals surface area (Å²) in [7, 11) is 0. The van der Waals surface area contributed by atoms with Crippen molar-refractivity contribution in [1.29, 1.82) is 0 Å². The number of alkyl carbamates (subject to hydrolysis) is 1.